The first-order valence-electron chi connectivity index (χ1n) is 10.6. The lowest BCUT2D eigenvalue weighted by Gasteiger charge is -2.36. The number of nitrogens with one attached hydrogen (secondary N) is 1. The highest BCUT2D eigenvalue weighted by molar-refractivity contribution is 5.91. The van der Waals surface area contributed by atoms with E-state index in [2.05, 4.69) is 15.2 Å². The number of hydrogen-bond donors (Lipinski definition) is 1. The molecule has 2 fully saturated rings. The second-order valence-corrected chi connectivity index (χ2v) is 8.07. The highest BCUT2D eigenvalue weighted by atomic mass is 16.3. The van der Waals surface area contributed by atoms with E-state index in [1.165, 1.54) is 38.4 Å². The van der Waals surface area contributed by atoms with E-state index in [0.717, 1.165) is 12.5 Å². The van der Waals surface area contributed by atoms with Gasteiger partial charge < -0.3 is 24.4 Å². The van der Waals surface area contributed by atoms with Gasteiger partial charge in [-0.05, 0) is 30.9 Å². The van der Waals surface area contributed by atoms with E-state index in [1.807, 2.05) is 0 Å². The van der Waals surface area contributed by atoms with Crippen molar-refractivity contribution in [1.29, 1.82) is 0 Å². The van der Waals surface area contributed by atoms with Gasteiger partial charge in [-0.15, -0.1) is 0 Å². The van der Waals surface area contributed by atoms with E-state index in [1.54, 1.807) is 36.0 Å². The topological polar surface area (TPSA) is 81.4 Å². The van der Waals surface area contributed by atoms with Crippen molar-refractivity contribution in [3.05, 3.63) is 24.2 Å². The molecule has 8 nitrogen and oxygen atoms in total. The van der Waals surface area contributed by atoms with Crippen molar-refractivity contribution < 1.29 is 14.0 Å². The quantitative estimate of drug-likeness (QED) is 0.597. The molecule has 1 aromatic rings. The predicted octanol–water partition coefficient (Wildman–Crippen LogP) is 1.65. The molecule has 2 heterocycles. The molecule has 1 N–H and O–H groups in total. The molecule has 1 saturated heterocycles. The van der Waals surface area contributed by atoms with Crippen molar-refractivity contribution in [1.82, 2.24) is 20.0 Å². The van der Waals surface area contributed by atoms with Crippen LogP contribution < -0.4 is 5.32 Å². The molecule has 0 atom stereocenters. The maximum Gasteiger partial charge on any atom is 0.289 e. The van der Waals surface area contributed by atoms with Gasteiger partial charge in [-0.25, -0.2) is 4.99 Å². The van der Waals surface area contributed by atoms with Crippen LogP contribution in [-0.4, -0.2) is 85.8 Å². The van der Waals surface area contributed by atoms with E-state index in [4.69, 9.17) is 4.42 Å². The molecule has 3 rings (SSSR count). The summed E-state index contributed by atoms with van der Waals surface area (Å²) in [7, 11) is 3.48. The lowest BCUT2D eigenvalue weighted by Crippen LogP contribution is -2.54. The molecule has 160 valence electrons. The molecule has 2 aliphatic rings. The molecule has 1 aliphatic heterocycles. The van der Waals surface area contributed by atoms with Gasteiger partial charge in [0.2, 0.25) is 5.91 Å². The summed E-state index contributed by atoms with van der Waals surface area (Å²) in [6, 6.07) is 3.42. The maximum absolute atomic E-state index is 12.5. The Morgan fingerprint density at radius 1 is 1.14 bits per heavy atom. The number of hydrogen-bond acceptors (Lipinski definition) is 4. The van der Waals surface area contributed by atoms with Gasteiger partial charge in [0.05, 0.1) is 6.26 Å². The maximum atomic E-state index is 12.5. The van der Waals surface area contributed by atoms with Gasteiger partial charge in [0.15, 0.2) is 11.7 Å². The summed E-state index contributed by atoms with van der Waals surface area (Å²) in [5, 5.41) is 3.51. The number of likely N-dealkylation sites (N-methyl/N-ethyl adjacent to an activating group) is 1. The average molecular weight is 404 g/mol. The van der Waals surface area contributed by atoms with Crippen molar-refractivity contribution in [2.45, 2.75) is 32.1 Å². The number of carbonyl (C=O) groups excluding carboxylic acids is 2. The van der Waals surface area contributed by atoms with Gasteiger partial charge in [-0.1, -0.05) is 19.3 Å². The van der Waals surface area contributed by atoms with Crippen LogP contribution in [0, 0.1) is 5.92 Å². The fourth-order valence-electron chi connectivity index (χ4n) is 3.86. The summed E-state index contributed by atoms with van der Waals surface area (Å²) >= 11 is 0. The van der Waals surface area contributed by atoms with Crippen molar-refractivity contribution in [2.24, 2.45) is 10.9 Å². The summed E-state index contributed by atoms with van der Waals surface area (Å²) in [4.78, 5) is 34.6. The summed E-state index contributed by atoms with van der Waals surface area (Å²) in [5.74, 6) is 1.72. The van der Waals surface area contributed by atoms with E-state index in [-0.39, 0.29) is 18.4 Å². The Morgan fingerprint density at radius 3 is 2.45 bits per heavy atom. The van der Waals surface area contributed by atoms with Crippen LogP contribution in [0.5, 0.6) is 0 Å². The SMILES string of the molecule is CN(C)C(=O)CN=C(NCC1CCCCC1)N1CCN(C(=O)c2ccco2)CC1. The fraction of sp³-hybridized carbons (Fsp3) is 0.667. The fourth-order valence-corrected chi connectivity index (χ4v) is 3.86. The van der Waals surface area contributed by atoms with Gasteiger partial charge in [0, 0.05) is 46.8 Å². The molecule has 1 saturated carbocycles. The molecule has 1 aromatic heterocycles. The third kappa shape index (κ3) is 5.98. The number of furan rings is 1. The Morgan fingerprint density at radius 2 is 1.83 bits per heavy atom. The predicted molar refractivity (Wildman–Crippen MR) is 112 cm³/mol. The Labute approximate surface area is 172 Å². The normalized spacial score (nSPS) is 18.6. The monoisotopic (exact) mass is 403 g/mol. The number of aliphatic imine (C=N–C) groups is 1. The van der Waals surface area contributed by atoms with Crippen LogP contribution in [0.2, 0.25) is 0 Å². The van der Waals surface area contributed by atoms with Crippen molar-refractivity contribution in [2.75, 3.05) is 53.4 Å². The lowest BCUT2D eigenvalue weighted by molar-refractivity contribution is -0.127. The standard InChI is InChI=1S/C21H33N5O3/c1-24(2)19(27)16-23-21(22-15-17-7-4-3-5-8-17)26-12-10-25(11-13-26)20(28)18-9-6-14-29-18/h6,9,14,17H,3-5,7-8,10-13,15-16H2,1-2H3,(H,22,23). The Bertz CT molecular complexity index is 687. The number of guanidine groups is 1. The van der Waals surface area contributed by atoms with Gasteiger partial charge in [-0.2, -0.15) is 0 Å². The van der Waals surface area contributed by atoms with Crippen LogP contribution in [0.3, 0.4) is 0 Å². The second-order valence-electron chi connectivity index (χ2n) is 8.07. The first-order chi connectivity index (χ1) is 14.0. The van der Waals surface area contributed by atoms with E-state index in [0.29, 0.717) is 37.9 Å². The van der Waals surface area contributed by atoms with Crippen LogP contribution in [0.25, 0.3) is 0 Å². The highest BCUT2D eigenvalue weighted by Crippen LogP contribution is 2.22. The second kappa shape index (κ2) is 10.3. The molecule has 1 aliphatic carbocycles. The molecule has 0 radical (unpaired) electrons. The van der Waals surface area contributed by atoms with Crippen LogP contribution in [0.4, 0.5) is 0 Å². The third-order valence-electron chi connectivity index (χ3n) is 5.73. The Hall–Kier alpha value is -2.51. The van der Waals surface area contributed by atoms with Gasteiger partial charge >= 0.3 is 0 Å². The number of amides is 2. The smallest absolute Gasteiger partial charge is 0.289 e. The number of carbonyl (C=O) groups is 2. The molecule has 0 bridgehead atoms. The summed E-state index contributed by atoms with van der Waals surface area (Å²) in [5.41, 5.74) is 0. The van der Waals surface area contributed by atoms with Crippen molar-refractivity contribution >= 4 is 17.8 Å². The lowest BCUT2D eigenvalue weighted by atomic mass is 9.89. The Balaban J connectivity index is 1.58. The first kappa shape index (κ1) is 21.2. The summed E-state index contributed by atoms with van der Waals surface area (Å²) in [6.07, 6.45) is 7.95. The highest BCUT2D eigenvalue weighted by Gasteiger charge is 2.26. The van der Waals surface area contributed by atoms with Crippen LogP contribution in [0.15, 0.2) is 27.8 Å². The van der Waals surface area contributed by atoms with Gasteiger partial charge in [0.1, 0.15) is 6.54 Å². The molecule has 0 spiro atoms. The van der Waals surface area contributed by atoms with E-state index >= 15 is 0 Å². The molecule has 2 amide bonds. The zero-order valence-electron chi connectivity index (χ0n) is 17.6. The first-order valence-corrected chi connectivity index (χ1v) is 10.6. The minimum atomic E-state index is -0.0777. The van der Waals surface area contributed by atoms with Crippen LogP contribution in [0.1, 0.15) is 42.7 Å². The summed E-state index contributed by atoms with van der Waals surface area (Å²) in [6.45, 7) is 3.58. The largest absolute Gasteiger partial charge is 0.459 e. The molecule has 0 unspecified atom stereocenters. The average Bonchev–Trinajstić information content (AvgIpc) is 3.29. The van der Waals surface area contributed by atoms with Crippen molar-refractivity contribution in [3.8, 4) is 0 Å². The molecule has 29 heavy (non-hydrogen) atoms. The molecular weight excluding hydrogens is 370 g/mol. The van der Waals surface area contributed by atoms with Crippen molar-refractivity contribution in [3.63, 3.8) is 0 Å². The van der Waals surface area contributed by atoms with Crippen LogP contribution in [-0.2, 0) is 4.79 Å². The number of piperazine rings is 1. The molecule has 8 heteroatoms. The zero-order valence-corrected chi connectivity index (χ0v) is 17.6. The van der Waals surface area contributed by atoms with Gasteiger partial charge in [0.25, 0.3) is 5.91 Å². The summed E-state index contributed by atoms with van der Waals surface area (Å²) < 4.78 is 5.23. The number of rotatable bonds is 5. The van der Waals surface area contributed by atoms with E-state index < -0.39 is 0 Å². The minimum absolute atomic E-state index is 0.0198. The molecular formula is C21H33N5O3. The van der Waals surface area contributed by atoms with Crippen LogP contribution >= 0.6 is 0 Å². The Kier molecular flexibility index (Phi) is 7.55. The van der Waals surface area contributed by atoms with Gasteiger partial charge in [-0.3, -0.25) is 9.59 Å². The minimum Gasteiger partial charge on any atom is -0.459 e. The number of nitrogens with zero attached hydrogens (tertiary/aromatic N) is 4. The van der Waals surface area contributed by atoms with E-state index in [9.17, 15) is 9.59 Å². The zero-order chi connectivity index (χ0) is 20.6. The third-order valence-corrected chi connectivity index (χ3v) is 5.73. The molecule has 0 aromatic carbocycles.